The summed E-state index contributed by atoms with van der Waals surface area (Å²) in [6, 6.07) is 5.92. The van der Waals surface area contributed by atoms with Gasteiger partial charge in [0.15, 0.2) is 5.96 Å². The number of methoxy groups -OCH3 is 1. The Balaban J connectivity index is 0.00000484. The third kappa shape index (κ3) is 10.1. The molecule has 6 nitrogen and oxygen atoms in total. The van der Waals surface area contributed by atoms with Gasteiger partial charge in [0.05, 0.1) is 19.6 Å². The zero-order chi connectivity index (χ0) is 16.4. The Kier molecular flexibility index (Phi) is 11.3. The van der Waals surface area contributed by atoms with Gasteiger partial charge in [0.25, 0.3) is 0 Å². The zero-order valence-corrected chi connectivity index (χ0v) is 15.7. The lowest BCUT2D eigenvalue weighted by Crippen LogP contribution is -2.41. The smallest absolute Gasteiger partial charge is 0.224 e. The number of halogens is 2. The van der Waals surface area contributed by atoms with Crippen LogP contribution in [0.1, 0.15) is 12.5 Å². The summed E-state index contributed by atoms with van der Waals surface area (Å²) in [7, 11) is 1.61. The fourth-order valence-electron chi connectivity index (χ4n) is 1.81. The highest BCUT2D eigenvalue weighted by molar-refractivity contribution is 14.0. The van der Waals surface area contributed by atoms with Crippen LogP contribution >= 0.6 is 24.0 Å². The van der Waals surface area contributed by atoms with Crippen LogP contribution in [0.3, 0.4) is 0 Å². The summed E-state index contributed by atoms with van der Waals surface area (Å²) >= 11 is 0. The fraction of sp³-hybridized carbons (Fsp3) is 0.467. The number of hydrogen-bond acceptors (Lipinski definition) is 3. The van der Waals surface area contributed by atoms with E-state index in [2.05, 4.69) is 15.6 Å². The van der Waals surface area contributed by atoms with Gasteiger partial charge in [0, 0.05) is 19.7 Å². The SMILES string of the molecule is COCC(C)NC(N)=NCCNC(=O)Cc1ccc(F)cc1.I. The lowest BCUT2D eigenvalue weighted by molar-refractivity contribution is -0.120. The molecule has 0 fully saturated rings. The van der Waals surface area contributed by atoms with Gasteiger partial charge in [0.1, 0.15) is 5.82 Å². The molecule has 1 aromatic rings. The molecule has 0 aliphatic rings. The third-order valence-corrected chi connectivity index (χ3v) is 2.81. The van der Waals surface area contributed by atoms with E-state index in [1.165, 1.54) is 12.1 Å². The van der Waals surface area contributed by atoms with E-state index in [1.54, 1.807) is 19.2 Å². The van der Waals surface area contributed by atoms with E-state index in [9.17, 15) is 9.18 Å². The van der Waals surface area contributed by atoms with E-state index in [1.807, 2.05) is 6.92 Å². The third-order valence-electron chi connectivity index (χ3n) is 2.81. The maximum Gasteiger partial charge on any atom is 0.224 e. The van der Waals surface area contributed by atoms with Gasteiger partial charge in [-0.05, 0) is 24.6 Å². The summed E-state index contributed by atoms with van der Waals surface area (Å²) in [5, 5.41) is 5.70. The van der Waals surface area contributed by atoms with Crippen LogP contribution in [0.25, 0.3) is 0 Å². The van der Waals surface area contributed by atoms with Crippen molar-refractivity contribution in [3.63, 3.8) is 0 Å². The molecule has 0 aliphatic carbocycles. The Hall–Kier alpha value is -1.42. The van der Waals surface area contributed by atoms with Gasteiger partial charge in [-0.2, -0.15) is 0 Å². The number of hydrogen-bond donors (Lipinski definition) is 3. The quantitative estimate of drug-likeness (QED) is 0.245. The van der Waals surface area contributed by atoms with E-state index in [0.717, 1.165) is 5.56 Å². The Morgan fingerprint density at radius 3 is 2.65 bits per heavy atom. The van der Waals surface area contributed by atoms with E-state index >= 15 is 0 Å². The topological polar surface area (TPSA) is 88.7 Å². The van der Waals surface area contributed by atoms with Crippen LogP contribution < -0.4 is 16.4 Å². The van der Waals surface area contributed by atoms with Crippen molar-refractivity contribution < 1.29 is 13.9 Å². The van der Waals surface area contributed by atoms with Crippen LogP contribution in [0.5, 0.6) is 0 Å². The number of aliphatic imine (C=N–C) groups is 1. The van der Waals surface area contributed by atoms with E-state index in [0.29, 0.717) is 25.7 Å². The Bertz CT molecular complexity index is 497. The number of benzene rings is 1. The number of carbonyl (C=O) groups is 1. The molecule has 0 saturated heterocycles. The molecule has 1 amide bonds. The van der Waals surface area contributed by atoms with Crippen molar-refractivity contribution >= 4 is 35.8 Å². The first-order valence-corrected chi connectivity index (χ1v) is 7.07. The fourth-order valence-corrected chi connectivity index (χ4v) is 1.81. The number of nitrogens with zero attached hydrogens (tertiary/aromatic N) is 1. The summed E-state index contributed by atoms with van der Waals surface area (Å²) in [6.45, 7) is 3.23. The highest BCUT2D eigenvalue weighted by Gasteiger charge is 2.03. The number of nitrogens with two attached hydrogens (primary N) is 1. The van der Waals surface area contributed by atoms with Crippen molar-refractivity contribution in [2.75, 3.05) is 26.8 Å². The van der Waals surface area contributed by atoms with Gasteiger partial charge in [-0.1, -0.05) is 12.1 Å². The van der Waals surface area contributed by atoms with Gasteiger partial charge < -0.3 is 21.1 Å². The lowest BCUT2D eigenvalue weighted by Gasteiger charge is -2.13. The van der Waals surface area contributed by atoms with Crippen LogP contribution in [0.2, 0.25) is 0 Å². The number of rotatable bonds is 8. The van der Waals surface area contributed by atoms with E-state index in [-0.39, 0.29) is 48.2 Å². The van der Waals surface area contributed by atoms with Gasteiger partial charge in [-0.3, -0.25) is 9.79 Å². The number of carbonyl (C=O) groups excluding carboxylic acids is 1. The molecule has 0 heterocycles. The van der Waals surface area contributed by atoms with Crippen LogP contribution in [0.4, 0.5) is 4.39 Å². The first kappa shape index (κ1) is 21.6. The Labute approximate surface area is 153 Å². The second-order valence-electron chi connectivity index (χ2n) is 4.92. The molecular weight excluding hydrogens is 414 g/mol. The molecule has 1 atom stereocenters. The first-order valence-electron chi connectivity index (χ1n) is 7.07. The first-order chi connectivity index (χ1) is 10.5. The van der Waals surface area contributed by atoms with Crippen LogP contribution in [0.15, 0.2) is 29.3 Å². The minimum absolute atomic E-state index is 0. The van der Waals surface area contributed by atoms with Crippen molar-refractivity contribution in [1.82, 2.24) is 10.6 Å². The molecule has 0 radical (unpaired) electrons. The highest BCUT2D eigenvalue weighted by atomic mass is 127. The van der Waals surface area contributed by atoms with Crippen LogP contribution in [-0.2, 0) is 16.0 Å². The molecule has 8 heteroatoms. The summed E-state index contributed by atoms with van der Waals surface area (Å²) in [6.07, 6.45) is 0.211. The molecule has 0 aromatic heterocycles. The van der Waals surface area contributed by atoms with Crippen molar-refractivity contribution in [3.05, 3.63) is 35.6 Å². The number of ether oxygens (including phenoxy) is 1. The molecule has 1 rings (SSSR count). The summed E-state index contributed by atoms with van der Waals surface area (Å²) < 4.78 is 17.7. The van der Waals surface area contributed by atoms with Crippen LogP contribution in [0, 0.1) is 5.82 Å². The molecule has 1 aromatic carbocycles. The molecule has 0 saturated carbocycles. The Morgan fingerprint density at radius 2 is 2.04 bits per heavy atom. The van der Waals surface area contributed by atoms with Crippen molar-refractivity contribution in [2.45, 2.75) is 19.4 Å². The molecule has 0 aliphatic heterocycles. The standard InChI is InChI=1S/C15H23FN4O2.HI/c1-11(10-22-2)20-15(17)19-8-7-18-14(21)9-12-3-5-13(16)6-4-12;/h3-6,11H,7-10H2,1-2H3,(H,18,21)(H3,17,19,20);1H. The van der Waals surface area contributed by atoms with Gasteiger partial charge in [0.2, 0.25) is 5.91 Å². The maximum absolute atomic E-state index is 12.7. The van der Waals surface area contributed by atoms with Gasteiger partial charge in [-0.25, -0.2) is 4.39 Å². The Morgan fingerprint density at radius 1 is 1.39 bits per heavy atom. The monoisotopic (exact) mass is 438 g/mol. The number of amides is 1. The minimum atomic E-state index is -0.316. The van der Waals surface area contributed by atoms with E-state index in [4.69, 9.17) is 10.5 Å². The summed E-state index contributed by atoms with van der Waals surface area (Å²) in [5.74, 6) is -0.136. The predicted octanol–water partition coefficient (Wildman–Crippen LogP) is 1.04. The molecular formula is C15H24FIN4O2. The zero-order valence-electron chi connectivity index (χ0n) is 13.3. The van der Waals surface area contributed by atoms with Gasteiger partial charge in [-0.15, -0.1) is 24.0 Å². The number of nitrogens with one attached hydrogen (secondary N) is 2. The molecule has 130 valence electrons. The second-order valence-corrected chi connectivity index (χ2v) is 4.92. The number of guanidine groups is 1. The minimum Gasteiger partial charge on any atom is -0.383 e. The van der Waals surface area contributed by atoms with Crippen LogP contribution in [-0.4, -0.2) is 44.7 Å². The average molecular weight is 438 g/mol. The summed E-state index contributed by atoms with van der Waals surface area (Å²) in [4.78, 5) is 15.8. The van der Waals surface area contributed by atoms with Crippen molar-refractivity contribution in [2.24, 2.45) is 10.7 Å². The second kappa shape index (κ2) is 12.1. The maximum atomic E-state index is 12.7. The average Bonchev–Trinajstić information content (AvgIpc) is 2.46. The normalized spacial score (nSPS) is 12.2. The molecule has 23 heavy (non-hydrogen) atoms. The summed E-state index contributed by atoms with van der Waals surface area (Å²) in [5.41, 5.74) is 6.46. The molecule has 4 N–H and O–H groups in total. The highest BCUT2D eigenvalue weighted by Crippen LogP contribution is 2.03. The van der Waals surface area contributed by atoms with Crippen molar-refractivity contribution in [1.29, 1.82) is 0 Å². The molecule has 0 bridgehead atoms. The largest absolute Gasteiger partial charge is 0.383 e. The van der Waals surface area contributed by atoms with Crippen molar-refractivity contribution in [3.8, 4) is 0 Å². The molecule has 1 unspecified atom stereocenters. The van der Waals surface area contributed by atoms with E-state index < -0.39 is 0 Å². The van der Waals surface area contributed by atoms with Gasteiger partial charge >= 0.3 is 0 Å². The predicted molar refractivity (Wildman–Crippen MR) is 99.5 cm³/mol. The molecule has 0 spiro atoms. The lowest BCUT2D eigenvalue weighted by atomic mass is 10.1.